The summed E-state index contributed by atoms with van der Waals surface area (Å²) in [7, 11) is 1.33. The Morgan fingerprint density at radius 1 is 1.00 bits per heavy atom. The van der Waals surface area contributed by atoms with Gasteiger partial charge in [0.15, 0.2) is 11.6 Å². The van der Waals surface area contributed by atoms with Crippen LogP contribution in [0.25, 0.3) is 0 Å². The van der Waals surface area contributed by atoms with Crippen LogP contribution in [0, 0.1) is 18.6 Å². The predicted octanol–water partition coefficient (Wildman–Crippen LogP) is 4.07. The first kappa shape index (κ1) is 12.4. The van der Waals surface area contributed by atoms with Crippen molar-refractivity contribution in [3.8, 4) is 17.2 Å². The Balaban J connectivity index is 2.36. The smallest absolute Gasteiger partial charge is 0.205 e. The Bertz CT molecular complexity index is 550. The van der Waals surface area contributed by atoms with Gasteiger partial charge in [0.2, 0.25) is 5.75 Å². The first-order valence-corrected chi connectivity index (χ1v) is 5.37. The maximum absolute atomic E-state index is 13.6. The molecule has 0 aliphatic rings. The fourth-order valence-electron chi connectivity index (χ4n) is 1.51. The third-order valence-corrected chi connectivity index (χ3v) is 2.44. The lowest BCUT2D eigenvalue weighted by molar-refractivity contribution is 0.359. The molecule has 2 aromatic carbocycles. The molecule has 0 fully saturated rings. The number of halogens is 2. The zero-order valence-electron chi connectivity index (χ0n) is 10.0. The molecule has 0 aromatic heterocycles. The summed E-state index contributed by atoms with van der Waals surface area (Å²) >= 11 is 0. The van der Waals surface area contributed by atoms with E-state index in [-0.39, 0.29) is 11.5 Å². The Morgan fingerprint density at radius 3 is 2.28 bits per heavy atom. The Labute approximate surface area is 104 Å². The van der Waals surface area contributed by atoms with Gasteiger partial charge >= 0.3 is 0 Å². The number of ether oxygens (including phenoxy) is 2. The summed E-state index contributed by atoms with van der Waals surface area (Å²) in [6.07, 6.45) is 0. The van der Waals surface area contributed by atoms with Crippen LogP contribution in [-0.2, 0) is 0 Å². The van der Waals surface area contributed by atoms with E-state index < -0.39 is 11.6 Å². The first-order valence-electron chi connectivity index (χ1n) is 5.37. The minimum absolute atomic E-state index is 0.0214. The third-order valence-electron chi connectivity index (χ3n) is 2.44. The second kappa shape index (κ2) is 5.04. The van der Waals surface area contributed by atoms with Crippen molar-refractivity contribution in [3.05, 3.63) is 53.6 Å². The van der Waals surface area contributed by atoms with E-state index in [4.69, 9.17) is 9.47 Å². The van der Waals surface area contributed by atoms with Crippen molar-refractivity contribution >= 4 is 0 Å². The van der Waals surface area contributed by atoms with Crippen molar-refractivity contribution in [2.45, 2.75) is 6.92 Å². The van der Waals surface area contributed by atoms with Crippen LogP contribution in [0.15, 0.2) is 36.4 Å². The maximum Gasteiger partial charge on any atom is 0.205 e. The van der Waals surface area contributed by atoms with E-state index in [1.165, 1.54) is 7.11 Å². The summed E-state index contributed by atoms with van der Waals surface area (Å²) in [6.45, 7) is 1.93. The average molecular weight is 250 g/mol. The molecule has 2 nitrogen and oxygen atoms in total. The van der Waals surface area contributed by atoms with Crippen molar-refractivity contribution in [3.63, 3.8) is 0 Å². The summed E-state index contributed by atoms with van der Waals surface area (Å²) in [4.78, 5) is 0. The van der Waals surface area contributed by atoms with E-state index in [0.29, 0.717) is 5.75 Å². The van der Waals surface area contributed by atoms with Gasteiger partial charge in [0.25, 0.3) is 0 Å². The maximum atomic E-state index is 13.6. The number of methoxy groups -OCH3 is 1. The van der Waals surface area contributed by atoms with Crippen LogP contribution in [0.4, 0.5) is 8.78 Å². The summed E-state index contributed by atoms with van der Waals surface area (Å²) < 4.78 is 36.9. The molecule has 0 amide bonds. The topological polar surface area (TPSA) is 18.5 Å². The number of rotatable bonds is 3. The Hall–Kier alpha value is -2.10. The molecule has 0 heterocycles. The number of hydrogen-bond acceptors (Lipinski definition) is 2. The van der Waals surface area contributed by atoms with Gasteiger partial charge in [-0.25, -0.2) is 8.78 Å². The van der Waals surface area contributed by atoms with Crippen LogP contribution in [0.3, 0.4) is 0 Å². The second-order valence-electron chi connectivity index (χ2n) is 3.83. The van der Waals surface area contributed by atoms with Gasteiger partial charge in [0.05, 0.1) is 7.11 Å². The van der Waals surface area contributed by atoms with E-state index >= 15 is 0 Å². The van der Waals surface area contributed by atoms with Gasteiger partial charge in [0.1, 0.15) is 11.6 Å². The molecule has 0 bridgehead atoms. The van der Waals surface area contributed by atoms with Crippen LogP contribution >= 0.6 is 0 Å². The minimum Gasteiger partial charge on any atom is -0.493 e. The zero-order valence-corrected chi connectivity index (χ0v) is 10.0. The molecule has 0 spiro atoms. The van der Waals surface area contributed by atoms with E-state index in [1.54, 1.807) is 12.1 Å². The van der Waals surface area contributed by atoms with Crippen LogP contribution in [0.1, 0.15) is 5.56 Å². The lowest BCUT2D eigenvalue weighted by atomic mass is 10.2. The fraction of sp³-hybridized carbons (Fsp3) is 0.143. The van der Waals surface area contributed by atoms with Crippen molar-refractivity contribution < 1.29 is 18.3 Å². The Morgan fingerprint density at radius 2 is 1.67 bits per heavy atom. The average Bonchev–Trinajstić information content (AvgIpc) is 2.34. The molecule has 0 atom stereocenters. The molecule has 94 valence electrons. The second-order valence-corrected chi connectivity index (χ2v) is 3.83. The highest BCUT2D eigenvalue weighted by molar-refractivity contribution is 5.44. The Kier molecular flexibility index (Phi) is 3.46. The van der Waals surface area contributed by atoms with Crippen molar-refractivity contribution in [1.29, 1.82) is 0 Å². The summed E-state index contributed by atoms with van der Waals surface area (Å²) in [5, 5.41) is 0. The quantitative estimate of drug-likeness (QED) is 0.817. The molecule has 0 saturated heterocycles. The molecule has 2 aromatic rings. The summed E-state index contributed by atoms with van der Waals surface area (Å²) in [5.41, 5.74) is 1.06. The molecule has 18 heavy (non-hydrogen) atoms. The fourth-order valence-corrected chi connectivity index (χ4v) is 1.51. The van der Waals surface area contributed by atoms with E-state index in [9.17, 15) is 8.78 Å². The molecule has 0 saturated carbocycles. The predicted molar refractivity (Wildman–Crippen MR) is 64.2 cm³/mol. The number of hydrogen-bond donors (Lipinski definition) is 0. The molecule has 0 aliphatic heterocycles. The summed E-state index contributed by atoms with van der Waals surface area (Å²) in [6, 6.07) is 8.92. The van der Waals surface area contributed by atoms with Crippen molar-refractivity contribution in [2.75, 3.05) is 7.11 Å². The molecule has 4 heteroatoms. The van der Waals surface area contributed by atoms with Gasteiger partial charge in [-0.05, 0) is 19.1 Å². The molecule has 0 unspecified atom stereocenters. The van der Waals surface area contributed by atoms with Crippen LogP contribution in [0.5, 0.6) is 17.2 Å². The van der Waals surface area contributed by atoms with Crippen LogP contribution < -0.4 is 9.47 Å². The molecular weight excluding hydrogens is 238 g/mol. The van der Waals surface area contributed by atoms with E-state index in [0.717, 1.165) is 17.7 Å². The standard InChI is InChI=1S/C14H12F2O2/c1-9-3-5-11(6-4-9)18-14-12(16)7-10(15)8-13(14)17-2/h3-8H,1-2H3. The molecule has 0 radical (unpaired) electrons. The van der Waals surface area contributed by atoms with Gasteiger partial charge < -0.3 is 9.47 Å². The molecule has 2 rings (SSSR count). The third kappa shape index (κ3) is 2.59. The highest BCUT2D eigenvalue weighted by Crippen LogP contribution is 2.34. The van der Waals surface area contributed by atoms with Gasteiger partial charge in [-0.15, -0.1) is 0 Å². The highest BCUT2D eigenvalue weighted by atomic mass is 19.1. The van der Waals surface area contributed by atoms with Crippen LogP contribution in [-0.4, -0.2) is 7.11 Å². The highest BCUT2D eigenvalue weighted by Gasteiger charge is 2.14. The van der Waals surface area contributed by atoms with E-state index in [1.807, 2.05) is 19.1 Å². The van der Waals surface area contributed by atoms with Crippen molar-refractivity contribution in [1.82, 2.24) is 0 Å². The normalized spacial score (nSPS) is 10.2. The molecular formula is C14H12F2O2. The van der Waals surface area contributed by atoms with Gasteiger partial charge in [0, 0.05) is 12.1 Å². The van der Waals surface area contributed by atoms with Gasteiger partial charge in [-0.1, -0.05) is 17.7 Å². The lowest BCUT2D eigenvalue weighted by Gasteiger charge is -2.11. The van der Waals surface area contributed by atoms with Crippen molar-refractivity contribution in [2.24, 2.45) is 0 Å². The van der Waals surface area contributed by atoms with E-state index in [2.05, 4.69) is 0 Å². The van der Waals surface area contributed by atoms with Gasteiger partial charge in [-0.2, -0.15) is 0 Å². The number of benzene rings is 2. The first-order chi connectivity index (χ1) is 8.60. The number of aryl methyl sites for hydroxylation is 1. The largest absolute Gasteiger partial charge is 0.493 e. The monoisotopic (exact) mass is 250 g/mol. The SMILES string of the molecule is COc1cc(F)cc(F)c1Oc1ccc(C)cc1. The minimum atomic E-state index is -0.799. The lowest BCUT2D eigenvalue weighted by Crippen LogP contribution is -1.95. The molecule has 0 aliphatic carbocycles. The summed E-state index contributed by atoms with van der Waals surface area (Å²) in [5.74, 6) is -1.15. The molecule has 0 N–H and O–H groups in total. The van der Waals surface area contributed by atoms with Gasteiger partial charge in [-0.3, -0.25) is 0 Å². The zero-order chi connectivity index (χ0) is 13.1. The van der Waals surface area contributed by atoms with Crippen LogP contribution in [0.2, 0.25) is 0 Å².